The van der Waals surface area contributed by atoms with Gasteiger partial charge in [-0.15, -0.1) is 0 Å². The SMILES string of the molecule is COc1cc(-c2cc(C=O)on2)ncc1C#N. The molecule has 0 aliphatic carbocycles. The van der Waals surface area contributed by atoms with Crippen LogP contribution in [-0.2, 0) is 0 Å². The molecule has 6 heteroatoms. The molecule has 0 bridgehead atoms. The standard InChI is InChI=1S/C11H7N3O3/c1-16-11-3-9(13-5-7(11)4-12)10-2-8(6-15)17-14-10/h2-3,5-6H,1H3. The van der Waals surface area contributed by atoms with E-state index in [-0.39, 0.29) is 5.76 Å². The van der Waals surface area contributed by atoms with Crippen LogP contribution in [0.3, 0.4) is 0 Å². The zero-order valence-electron chi connectivity index (χ0n) is 8.88. The van der Waals surface area contributed by atoms with E-state index < -0.39 is 0 Å². The molecular formula is C11H7N3O3. The minimum Gasteiger partial charge on any atom is -0.495 e. The molecule has 0 amide bonds. The van der Waals surface area contributed by atoms with Gasteiger partial charge in [0.25, 0.3) is 0 Å². The number of aromatic nitrogens is 2. The van der Waals surface area contributed by atoms with Crippen LogP contribution in [0.1, 0.15) is 16.1 Å². The lowest BCUT2D eigenvalue weighted by Gasteiger charge is -2.02. The van der Waals surface area contributed by atoms with Crippen molar-refractivity contribution in [3.63, 3.8) is 0 Å². The van der Waals surface area contributed by atoms with Gasteiger partial charge in [-0.05, 0) is 0 Å². The second-order valence-corrected chi connectivity index (χ2v) is 3.11. The number of nitrogens with zero attached hydrogens (tertiary/aromatic N) is 3. The molecule has 0 saturated carbocycles. The molecule has 0 saturated heterocycles. The Morgan fingerprint density at radius 1 is 1.47 bits per heavy atom. The predicted octanol–water partition coefficient (Wildman–Crippen LogP) is 1.43. The number of carbonyl (C=O) groups is 1. The van der Waals surface area contributed by atoms with Crippen LogP contribution >= 0.6 is 0 Å². The molecule has 0 fully saturated rings. The van der Waals surface area contributed by atoms with Crippen molar-refractivity contribution in [2.45, 2.75) is 0 Å². The fraction of sp³-hybridized carbons (Fsp3) is 0.0909. The van der Waals surface area contributed by atoms with Crippen LogP contribution in [-0.4, -0.2) is 23.5 Å². The lowest BCUT2D eigenvalue weighted by atomic mass is 10.2. The summed E-state index contributed by atoms with van der Waals surface area (Å²) in [4.78, 5) is 14.5. The highest BCUT2D eigenvalue weighted by molar-refractivity contribution is 5.73. The Balaban J connectivity index is 2.46. The average Bonchev–Trinajstić information content (AvgIpc) is 2.86. The summed E-state index contributed by atoms with van der Waals surface area (Å²) in [5.41, 5.74) is 1.21. The normalized spacial score (nSPS) is 9.65. The summed E-state index contributed by atoms with van der Waals surface area (Å²) >= 11 is 0. The lowest BCUT2D eigenvalue weighted by molar-refractivity contribution is 0.109. The Labute approximate surface area is 96.4 Å². The highest BCUT2D eigenvalue weighted by Gasteiger charge is 2.10. The summed E-state index contributed by atoms with van der Waals surface area (Å²) in [6.45, 7) is 0. The van der Waals surface area contributed by atoms with Gasteiger partial charge in [-0.3, -0.25) is 9.78 Å². The number of carbonyl (C=O) groups excluding carboxylic acids is 1. The number of aldehydes is 1. The lowest BCUT2D eigenvalue weighted by Crippen LogP contribution is -1.91. The summed E-state index contributed by atoms with van der Waals surface area (Å²) in [7, 11) is 1.46. The van der Waals surface area contributed by atoms with E-state index in [0.717, 1.165) is 0 Å². The van der Waals surface area contributed by atoms with Crippen molar-refractivity contribution >= 4 is 6.29 Å². The fourth-order valence-corrected chi connectivity index (χ4v) is 1.30. The third-order valence-electron chi connectivity index (χ3n) is 2.11. The smallest absolute Gasteiger partial charge is 0.199 e. The molecule has 17 heavy (non-hydrogen) atoms. The maximum absolute atomic E-state index is 10.5. The number of ether oxygens (including phenoxy) is 1. The highest BCUT2D eigenvalue weighted by atomic mass is 16.5. The molecule has 0 atom stereocenters. The van der Waals surface area contributed by atoms with Gasteiger partial charge in [0.15, 0.2) is 12.0 Å². The molecule has 2 aromatic heterocycles. The van der Waals surface area contributed by atoms with E-state index in [4.69, 9.17) is 14.5 Å². The third-order valence-corrected chi connectivity index (χ3v) is 2.11. The Morgan fingerprint density at radius 2 is 2.29 bits per heavy atom. The van der Waals surface area contributed by atoms with Gasteiger partial charge in [0.2, 0.25) is 0 Å². The van der Waals surface area contributed by atoms with E-state index >= 15 is 0 Å². The number of pyridine rings is 1. The van der Waals surface area contributed by atoms with E-state index in [9.17, 15) is 4.79 Å². The van der Waals surface area contributed by atoms with Crippen LogP contribution in [0.15, 0.2) is 22.9 Å². The molecular weight excluding hydrogens is 222 g/mol. The molecule has 84 valence electrons. The molecule has 0 aliphatic rings. The number of hydrogen-bond acceptors (Lipinski definition) is 6. The highest BCUT2D eigenvalue weighted by Crippen LogP contribution is 2.23. The van der Waals surface area contributed by atoms with Gasteiger partial charge in [-0.2, -0.15) is 5.26 Å². The van der Waals surface area contributed by atoms with E-state index in [1.54, 1.807) is 6.07 Å². The Hall–Kier alpha value is -2.68. The summed E-state index contributed by atoms with van der Waals surface area (Å²) in [5.74, 6) is 0.512. The first-order valence-electron chi connectivity index (χ1n) is 4.65. The largest absolute Gasteiger partial charge is 0.495 e. The van der Waals surface area contributed by atoms with Gasteiger partial charge < -0.3 is 9.26 Å². The molecule has 2 rings (SSSR count). The maximum Gasteiger partial charge on any atom is 0.199 e. The van der Waals surface area contributed by atoms with Crippen molar-refractivity contribution in [1.29, 1.82) is 5.26 Å². The Bertz CT molecular complexity index is 598. The van der Waals surface area contributed by atoms with Crippen molar-refractivity contribution in [2.75, 3.05) is 7.11 Å². The van der Waals surface area contributed by atoms with Crippen molar-refractivity contribution < 1.29 is 14.1 Å². The molecule has 0 radical (unpaired) electrons. The van der Waals surface area contributed by atoms with Crippen LogP contribution in [0, 0.1) is 11.3 Å². The first-order valence-corrected chi connectivity index (χ1v) is 4.65. The minimum atomic E-state index is 0.116. The van der Waals surface area contributed by atoms with E-state index in [1.807, 2.05) is 6.07 Å². The molecule has 0 aliphatic heterocycles. The van der Waals surface area contributed by atoms with Crippen LogP contribution in [0.2, 0.25) is 0 Å². The van der Waals surface area contributed by atoms with Crippen LogP contribution in [0.5, 0.6) is 5.75 Å². The second-order valence-electron chi connectivity index (χ2n) is 3.11. The second kappa shape index (κ2) is 4.45. The third kappa shape index (κ3) is 1.99. The predicted molar refractivity (Wildman–Crippen MR) is 56.4 cm³/mol. The van der Waals surface area contributed by atoms with E-state index in [2.05, 4.69) is 10.1 Å². The van der Waals surface area contributed by atoms with Crippen molar-refractivity contribution in [3.8, 4) is 23.2 Å². The maximum atomic E-state index is 10.5. The van der Waals surface area contributed by atoms with Crippen molar-refractivity contribution in [1.82, 2.24) is 10.1 Å². The van der Waals surface area contributed by atoms with Gasteiger partial charge in [-0.1, -0.05) is 5.16 Å². The summed E-state index contributed by atoms with van der Waals surface area (Å²) in [5, 5.41) is 12.5. The summed E-state index contributed by atoms with van der Waals surface area (Å²) < 4.78 is 9.78. The number of hydrogen-bond donors (Lipinski definition) is 0. The van der Waals surface area contributed by atoms with Gasteiger partial charge in [-0.25, -0.2) is 0 Å². The molecule has 2 aromatic rings. The van der Waals surface area contributed by atoms with E-state index in [1.165, 1.54) is 19.4 Å². The topological polar surface area (TPSA) is 89.0 Å². The van der Waals surface area contributed by atoms with Gasteiger partial charge in [0.1, 0.15) is 23.1 Å². The Kier molecular flexibility index (Phi) is 2.83. The van der Waals surface area contributed by atoms with Gasteiger partial charge in [0, 0.05) is 18.3 Å². The zero-order chi connectivity index (χ0) is 12.3. The molecule has 0 N–H and O–H groups in total. The van der Waals surface area contributed by atoms with Gasteiger partial charge in [0.05, 0.1) is 12.8 Å². The zero-order valence-corrected chi connectivity index (χ0v) is 8.88. The average molecular weight is 229 g/mol. The fourth-order valence-electron chi connectivity index (χ4n) is 1.30. The number of nitriles is 1. The molecule has 0 unspecified atom stereocenters. The monoisotopic (exact) mass is 229 g/mol. The van der Waals surface area contributed by atoms with Crippen LogP contribution < -0.4 is 4.74 Å². The quantitative estimate of drug-likeness (QED) is 0.739. The van der Waals surface area contributed by atoms with Crippen LogP contribution in [0.25, 0.3) is 11.4 Å². The van der Waals surface area contributed by atoms with E-state index in [0.29, 0.717) is 29.0 Å². The molecule has 0 spiro atoms. The van der Waals surface area contributed by atoms with Gasteiger partial charge >= 0.3 is 0 Å². The summed E-state index contributed by atoms with van der Waals surface area (Å²) in [6, 6.07) is 4.97. The van der Waals surface area contributed by atoms with Crippen LogP contribution in [0.4, 0.5) is 0 Å². The number of methoxy groups -OCH3 is 1. The molecule has 0 aromatic carbocycles. The van der Waals surface area contributed by atoms with Crippen molar-refractivity contribution in [3.05, 3.63) is 29.7 Å². The number of rotatable bonds is 3. The van der Waals surface area contributed by atoms with Crippen molar-refractivity contribution in [2.24, 2.45) is 0 Å². The minimum absolute atomic E-state index is 0.116. The first kappa shape index (κ1) is 10.8. The molecule has 2 heterocycles. The Morgan fingerprint density at radius 3 is 2.88 bits per heavy atom. The summed E-state index contributed by atoms with van der Waals surface area (Å²) in [6.07, 6.45) is 1.93. The molecule has 6 nitrogen and oxygen atoms in total. The first-order chi connectivity index (χ1) is 8.28.